The summed E-state index contributed by atoms with van der Waals surface area (Å²) in [7, 11) is 3.43. The lowest BCUT2D eigenvalue weighted by Crippen LogP contribution is -2.62. The lowest BCUT2D eigenvalue weighted by atomic mass is 9.81. The number of rotatable bonds is 41. The normalized spacial score (nSPS) is 20.6. The van der Waals surface area contributed by atoms with Crippen LogP contribution in [0.1, 0.15) is 143 Å². The molecule has 5 aromatic carbocycles. The number of amides is 8. The highest BCUT2D eigenvalue weighted by molar-refractivity contribution is 6.00. The maximum Gasteiger partial charge on any atom is 0.255 e. The van der Waals surface area contributed by atoms with Gasteiger partial charge in [-0.1, -0.05) is 171 Å². The van der Waals surface area contributed by atoms with E-state index in [1.54, 1.807) is 28.6 Å². The third-order valence-electron chi connectivity index (χ3n) is 21.5. The summed E-state index contributed by atoms with van der Waals surface area (Å²) in [6.45, 7) is 8.29. The number of benzene rings is 5. The van der Waals surface area contributed by atoms with E-state index in [-0.39, 0.29) is 73.0 Å². The predicted octanol–water partition coefficient (Wildman–Crippen LogP) is 5.92. The molecule has 574 valence electrons. The molecule has 4 aliphatic heterocycles. The highest BCUT2D eigenvalue weighted by atomic mass is 16.5. The topological polar surface area (TPSA) is 310 Å². The van der Waals surface area contributed by atoms with Crippen LogP contribution in [0.25, 0.3) is 0 Å². The van der Waals surface area contributed by atoms with Gasteiger partial charge in [-0.15, -0.1) is 5.10 Å². The second kappa shape index (κ2) is 41.2. The third kappa shape index (κ3) is 21.6. The standard InChI is InChI=1S/C82H110N14O11/c1-5-67(83-3)75(98)89-73-60(44-46-85-54-57-24-12-7-13-25-57)34-37-65-40-42-70(96(65)79(73)102)78(101)91-82(62-30-18-10-19-31-62,63-32-20-11-21-33-63)81(104)86-45-22-48-105-50-52-107-53-51-106-49-23-47-94-56-64(92-93-94)36-43-71(97)87-55-61-35-38-66-39-41-69(95(66)80(103)74(61)90-76(99)68(6-2)84-4)77(100)88-72(58-26-14-8-15-27-58)59-28-16-9-17-29-59/h7-21,24-33,56,60-61,65-70,72-74,83-85H,5-6,22-23,34-55H2,1-4H3,(H,86,104)(H,87,97)(H,88,100)(H,89,98)(H,90,99)(H,91,101)/t60-,61-,65+,66+,67+,68+,69+,70+,73+,74+/m1/s1. The molecule has 25 nitrogen and oxygen atoms in total. The molecule has 0 unspecified atom stereocenters. The molecule has 6 aromatic rings. The molecule has 25 heteroatoms. The summed E-state index contributed by atoms with van der Waals surface area (Å²) in [4.78, 5) is 119. The van der Waals surface area contributed by atoms with E-state index >= 15 is 14.4 Å². The molecule has 4 fully saturated rings. The number of carbonyl (C=O) groups is 8. The van der Waals surface area contributed by atoms with Crippen LogP contribution < -0.4 is 47.9 Å². The van der Waals surface area contributed by atoms with Gasteiger partial charge in [-0.25, -0.2) is 0 Å². The fraction of sp³-hybridized carbons (Fsp3) is 0.512. The summed E-state index contributed by atoms with van der Waals surface area (Å²) in [6.07, 6.45) is 9.83. The van der Waals surface area contributed by atoms with Crippen molar-refractivity contribution in [1.82, 2.24) is 72.6 Å². The van der Waals surface area contributed by atoms with Crippen molar-refractivity contribution in [1.29, 1.82) is 0 Å². The van der Waals surface area contributed by atoms with Gasteiger partial charge in [0, 0.05) is 76.4 Å². The van der Waals surface area contributed by atoms with Gasteiger partial charge in [-0.2, -0.15) is 0 Å². The van der Waals surface area contributed by atoms with Crippen LogP contribution in [-0.2, 0) is 77.6 Å². The van der Waals surface area contributed by atoms with Crippen molar-refractivity contribution in [2.75, 3.05) is 73.4 Å². The van der Waals surface area contributed by atoms with Crippen LogP contribution >= 0.6 is 0 Å². The van der Waals surface area contributed by atoms with Gasteiger partial charge in [0.1, 0.15) is 24.2 Å². The van der Waals surface area contributed by atoms with Gasteiger partial charge < -0.3 is 71.9 Å². The van der Waals surface area contributed by atoms with Crippen LogP contribution in [0.4, 0.5) is 0 Å². The van der Waals surface area contributed by atoms with Crippen LogP contribution in [-0.4, -0.2) is 194 Å². The molecule has 4 saturated heterocycles. The first-order valence-corrected chi connectivity index (χ1v) is 38.6. The fourth-order valence-corrected chi connectivity index (χ4v) is 15.6. The van der Waals surface area contributed by atoms with E-state index in [1.807, 2.05) is 160 Å². The van der Waals surface area contributed by atoms with Gasteiger partial charge in [0.2, 0.25) is 41.4 Å². The molecule has 0 bridgehead atoms. The van der Waals surface area contributed by atoms with Gasteiger partial charge in [0.25, 0.3) is 5.91 Å². The molecule has 9 N–H and O–H groups in total. The van der Waals surface area contributed by atoms with E-state index < -0.39 is 65.6 Å². The Labute approximate surface area is 629 Å². The average molecular weight is 1470 g/mol. The lowest BCUT2D eigenvalue weighted by molar-refractivity contribution is -0.145. The second-order valence-corrected chi connectivity index (χ2v) is 28.4. The summed E-state index contributed by atoms with van der Waals surface area (Å²) in [5.74, 6) is -3.12. The Bertz CT molecular complexity index is 3700. The molecule has 0 saturated carbocycles. The van der Waals surface area contributed by atoms with Crippen LogP contribution in [0.15, 0.2) is 158 Å². The zero-order valence-corrected chi connectivity index (χ0v) is 62.5. The molecule has 1 aromatic heterocycles. The Morgan fingerprint density at radius 3 is 1.58 bits per heavy atom. The monoisotopic (exact) mass is 1470 g/mol. The molecule has 5 heterocycles. The zero-order valence-electron chi connectivity index (χ0n) is 62.5. The summed E-state index contributed by atoms with van der Waals surface area (Å²) >= 11 is 0. The van der Waals surface area contributed by atoms with Crippen molar-refractivity contribution in [2.24, 2.45) is 11.8 Å². The number of fused-ring (bicyclic) bond motifs is 2. The molecule has 0 aliphatic carbocycles. The van der Waals surface area contributed by atoms with Crippen molar-refractivity contribution in [3.8, 4) is 0 Å². The quantitative estimate of drug-likeness (QED) is 0.0201. The highest BCUT2D eigenvalue weighted by Gasteiger charge is 2.52. The van der Waals surface area contributed by atoms with Crippen molar-refractivity contribution in [3.63, 3.8) is 0 Å². The summed E-state index contributed by atoms with van der Waals surface area (Å²) in [5, 5.41) is 37.0. The van der Waals surface area contributed by atoms with Gasteiger partial charge in [0.15, 0.2) is 5.54 Å². The number of aryl methyl sites for hydroxylation is 2. The molecule has 0 spiro atoms. The Morgan fingerprint density at radius 2 is 1.04 bits per heavy atom. The van der Waals surface area contributed by atoms with E-state index in [0.717, 1.165) is 16.7 Å². The molecule has 10 rings (SSSR count). The molecule has 4 aliphatic rings. The van der Waals surface area contributed by atoms with Crippen LogP contribution in [0.3, 0.4) is 0 Å². The first-order valence-electron chi connectivity index (χ1n) is 38.6. The average Bonchev–Trinajstić information content (AvgIpc) is 1.58. The van der Waals surface area contributed by atoms with Gasteiger partial charge in [0.05, 0.1) is 50.2 Å². The number of carbonyl (C=O) groups excluding carboxylic acids is 8. The van der Waals surface area contributed by atoms with Gasteiger partial charge >= 0.3 is 0 Å². The SMILES string of the molecule is CC[C@H](NC)C(=O)N[C@@H]1C(=O)N2[C@@H](CC[C@@H]1CNC(=O)CCc1cn(CCCOCCOCCOCCCNC(=O)C(NC(=O)[C@@H]3CC[C@@H]4CC[C@H](CCNCc5ccccc5)[C@H](NC(=O)[C@H](CC)NC)C(=O)N43)(c3ccccc3)c3ccccc3)nn1)CC[C@H]2C(=O)NC(c1ccccc1)c1ccccc1. The minimum atomic E-state index is -1.68. The maximum absolute atomic E-state index is 15.2. The van der Waals surface area contributed by atoms with E-state index in [9.17, 15) is 24.0 Å². The minimum absolute atomic E-state index is 0.141. The first-order chi connectivity index (χ1) is 52.2. The molecule has 10 atom stereocenters. The fourth-order valence-electron chi connectivity index (χ4n) is 15.6. The Hall–Kier alpha value is -9.24. The maximum atomic E-state index is 15.2. The van der Waals surface area contributed by atoms with Gasteiger partial charge in [-0.3, -0.25) is 43.0 Å². The van der Waals surface area contributed by atoms with Crippen molar-refractivity contribution >= 4 is 47.3 Å². The zero-order chi connectivity index (χ0) is 75.3. The lowest BCUT2D eigenvalue weighted by Gasteiger charge is -2.38. The van der Waals surface area contributed by atoms with E-state index in [4.69, 9.17) is 14.2 Å². The molecular weight excluding hydrogens is 1360 g/mol. The number of nitrogens with one attached hydrogen (secondary N) is 9. The Kier molecular flexibility index (Phi) is 30.9. The molecule has 107 heavy (non-hydrogen) atoms. The van der Waals surface area contributed by atoms with Crippen molar-refractivity contribution < 1.29 is 52.6 Å². The Morgan fingerprint density at radius 1 is 0.551 bits per heavy atom. The number of likely N-dealkylation sites (N-methyl/N-ethyl adjacent to an activating group) is 2. The van der Waals surface area contributed by atoms with Crippen LogP contribution in [0.2, 0.25) is 0 Å². The number of nitrogens with zero attached hydrogens (tertiary/aromatic N) is 5. The minimum Gasteiger partial charge on any atom is -0.379 e. The van der Waals surface area contributed by atoms with E-state index in [1.165, 1.54) is 0 Å². The van der Waals surface area contributed by atoms with Gasteiger partial charge in [-0.05, 0) is 138 Å². The number of aromatic nitrogens is 3. The first kappa shape index (κ1) is 80.3. The number of hydrogen-bond donors (Lipinski definition) is 9. The van der Waals surface area contributed by atoms with Crippen LogP contribution in [0, 0.1) is 11.8 Å². The summed E-state index contributed by atoms with van der Waals surface area (Å²) < 4.78 is 19.2. The largest absolute Gasteiger partial charge is 0.379 e. The third-order valence-corrected chi connectivity index (χ3v) is 21.5. The second-order valence-electron chi connectivity index (χ2n) is 28.4. The molecular formula is C82H110N14O11. The number of ether oxygens (including phenoxy) is 3. The summed E-state index contributed by atoms with van der Waals surface area (Å²) in [5.41, 5.74) is 3.07. The molecule has 8 amide bonds. The van der Waals surface area contributed by atoms with Crippen LogP contribution in [0.5, 0.6) is 0 Å². The van der Waals surface area contributed by atoms with Crippen molar-refractivity contribution in [2.45, 2.75) is 183 Å². The van der Waals surface area contributed by atoms with E-state index in [2.05, 4.69) is 70.3 Å². The highest BCUT2D eigenvalue weighted by Crippen LogP contribution is 2.39. The smallest absolute Gasteiger partial charge is 0.255 e. The predicted molar refractivity (Wildman–Crippen MR) is 406 cm³/mol. The number of hydrogen-bond acceptors (Lipinski definition) is 16. The molecule has 0 radical (unpaired) electrons. The van der Waals surface area contributed by atoms with Crippen molar-refractivity contribution in [3.05, 3.63) is 191 Å². The Balaban J connectivity index is 0.632. The van der Waals surface area contributed by atoms with E-state index in [0.29, 0.717) is 166 Å². The summed E-state index contributed by atoms with van der Waals surface area (Å²) in [6, 6.07) is 42.7.